The lowest BCUT2D eigenvalue weighted by atomic mass is 9.82. The molecule has 6 heteroatoms. The summed E-state index contributed by atoms with van der Waals surface area (Å²) in [6.07, 6.45) is 0.692. The summed E-state index contributed by atoms with van der Waals surface area (Å²) in [5.74, 6) is 2.81. The molecule has 3 aromatic carbocycles. The highest BCUT2D eigenvalue weighted by molar-refractivity contribution is 5.54. The Morgan fingerprint density at radius 3 is 1.32 bits per heavy atom. The standard InChI is InChI=1S/C32H36O6/c1-19-9-24(10-20(2)31(19)37-17-28-15-35-28)30(23-5-7-26(8-6-23)33-13-27-14-34-27)25-11-21(3)32(22(4)12-25)38-18-29-16-36-29/h5-12,27-30H,13-18H2,1-4H3. The normalized spacial score (nSPS) is 22.1. The van der Waals surface area contributed by atoms with E-state index < -0.39 is 0 Å². The highest BCUT2D eigenvalue weighted by Gasteiger charge is 2.27. The molecule has 3 aliphatic rings. The summed E-state index contributed by atoms with van der Waals surface area (Å²) < 4.78 is 34.1. The molecule has 3 unspecified atom stereocenters. The summed E-state index contributed by atoms with van der Waals surface area (Å²) in [7, 11) is 0. The van der Waals surface area contributed by atoms with Gasteiger partial charge in [0.1, 0.15) is 55.4 Å². The van der Waals surface area contributed by atoms with Crippen LogP contribution in [0.4, 0.5) is 0 Å². The van der Waals surface area contributed by atoms with Gasteiger partial charge in [0.05, 0.1) is 19.8 Å². The van der Waals surface area contributed by atoms with Crippen LogP contribution < -0.4 is 14.2 Å². The first kappa shape index (κ1) is 25.2. The molecule has 3 aromatic rings. The van der Waals surface area contributed by atoms with E-state index in [0.29, 0.717) is 19.8 Å². The lowest BCUT2D eigenvalue weighted by Crippen LogP contribution is -2.10. The largest absolute Gasteiger partial charge is 0.491 e. The number of aryl methyl sites for hydroxylation is 4. The first-order valence-electron chi connectivity index (χ1n) is 13.5. The number of benzene rings is 3. The van der Waals surface area contributed by atoms with Gasteiger partial charge in [-0.2, -0.15) is 0 Å². The van der Waals surface area contributed by atoms with Gasteiger partial charge in [0, 0.05) is 5.92 Å². The van der Waals surface area contributed by atoms with Gasteiger partial charge in [-0.1, -0.05) is 36.4 Å². The number of ether oxygens (including phenoxy) is 6. The lowest BCUT2D eigenvalue weighted by molar-refractivity contribution is 0.260. The number of hydrogen-bond acceptors (Lipinski definition) is 6. The molecular weight excluding hydrogens is 480 g/mol. The molecule has 0 aliphatic carbocycles. The van der Waals surface area contributed by atoms with Crippen LogP contribution in [-0.4, -0.2) is 58.0 Å². The molecule has 0 aromatic heterocycles. The molecule has 3 atom stereocenters. The van der Waals surface area contributed by atoms with Crippen LogP contribution in [0.2, 0.25) is 0 Å². The van der Waals surface area contributed by atoms with Crippen molar-refractivity contribution in [2.24, 2.45) is 0 Å². The second-order valence-electron chi connectivity index (χ2n) is 10.8. The van der Waals surface area contributed by atoms with E-state index in [0.717, 1.165) is 59.3 Å². The summed E-state index contributed by atoms with van der Waals surface area (Å²) in [4.78, 5) is 0. The molecule has 0 spiro atoms. The van der Waals surface area contributed by atoms with Gasteiger partial charge in [-0.25, -0.2) is 0 Å². The Hall–Kier alpha value is -3.06. The van der Waals surface area contributed by atoms with Crippen LogP contribution in [0.25, 0.3) is 0 Å². The smallest absolute Gasteiger partial charge is 0.125 e. The minimum absolute atomic E-state index is 0.0484. The van der Waals surface area contributed by atoms with Crippen LogP contribution in [0.15, 0.2) is 48.5 Å². The molecule has 6 rings (SSSR count). The minimum Gasteiger partial charge on any atom is -0.491 e. The monoisotopic (exact) mass is 516 g/mol. The maximum absolute atomic E-state index is 6.13. The highest BCUT2D eigenvalue weighted by atomic mass is 16.6. The average Bonchev–Trinajstić information content (AvgIpc) is 3.73. The molecular formula is C32H36O6. The Bertz CT molecular complexity index is 1170. The number of rotatable bonds is 12. The van der Waals surface area contributed by atoms with Crippen LogP contribution in [0.5, 0.6) is 17.2 Å². The van der Waals surface area contributed by atoms with E-state index in [4.69, 9.17) is 28.4 Å². The Morgan fingerprint density at radius 1 is 0.579 bits per heavy atom. The molecule has 3 heterocycles. The SMILES string of the molecule is Cc1cc(C(c2ccc(OCC3CO3)cc2)c2cc(C)c(OCC3CO3)c(C)c2)cc(C)c1OCC1CO1. The third kappa shape index (κ3) is 5.98. The fourth-order valence-corrected chi connectivity index (χ4v) is 5.12. The zero-order valence-corrected chi connectivity index (χ0v) is 22.6. The van der Waals surface area contributed by atoms with Crippen LogP contribution in [0.3, 0.4) is 0 Å². The topological polar surface area (TPSA) is 65.3 Å². The Balaban J connectivity index is 1.33. The molecule has 0 N–H and O–H groups in total. The molecule has 0 bridgehead atoms. The van der Waals surface area contributed by atoms with Crippen molar-refractivity contribution in [3.8, 4) is 17.2 Å². The third-order valence-electron chi connectivity index (χ3n) is 7.32. The summed E-state index contributed by atoms with van der Waals surface area (Å²) in [6, 6.07) is 17.5. The maximum atomic E-state index is 6.13. The Morgan fingerprint density at radius 2 is 0.947 bits per heavy atom. The van der Waals surface area contributed by atoms with E-state index >= 15 is 0 Å². The van der Waals surface area contributed by atoms with E-state index in [1.165, 1.54) is 16.7 Å². The summed E-state index contributed by atoms with van der Waals surface area (Å²) >= 11 is 0. The van der Waals surface area contributed by atoms with Gasteiger partial charge in [0.15, 0.2) is 0 Å². The van der Waals surface area contributed by atoms with Gasteiger partial charge in [0.2, 0.25) is 0 Å². The van der Waals surface area contributed by atoms with E-state index in [9.17, 15) is 0 Å². The zero-order chi connectivity index (χ0) is 26.2. The van der Waals surface area contributed by atoms with Gasteiger partial charge in [-0.3, -0.25) is 0 Å². The van der Waals surface area contributed by atoms with Crippen molar-refractivity contribution in [3.63, 3.8) is 0 Å². The molecule has 0 amide bonds. The van der Waals surface area contributed by atoms with Crippen molar-refractivity contribution in [3.05, 3.63) is 87.5 Å². The van der Waals surface area contributed by atoms with Gasteiger partial charge in [-0.05, 0) is 78.8 Å². The summed E-state index contributed by atoms with van der Waals surface area (Å²) in [6.45, 7) is 12.7. The van der Waals surface area contributed by atoms with E-state index in [1.807, 2.05) is 0 Å². The van der Waals surface area contributed by atoms with Crippen LogP contribution in [0, 0.1) is 27.7 Å². The quantitative estimate of drug-likeness (QED) is 0.236. The van der Waals surface area contributed by atoms with E-state index in [-0.39, 0.29) is 24.2 Å². The van der Waals surface area contributed by atoms with Gasteiger partial charge in [-0.15, -0.1) is 0 Å². The summed E-state index contributed by atoms with van der Waals surface area (Å²) in [5, 5.41) is 0. The zero-order valence-electron chi connectivity index (χ0n) is 22.6. The van der Waals surface area contributed by atoms with Crippen LogP contribution in [0.1, 0.15) is 44.9 Å². The first-order valence-corrected chi connectivity index (χ1v) is 13.5. The summed E-state index contributed by atoms with van der Waals surface area (Å²) in [5.41, 5.74) is 8.20. The number of epoxide rings is 3. The lowest BCUT2D eigenvalue weighted by Gasteiger charge is -2.24. The molecule has 3 saturated heterocycles. The fourth-order valence-electron chi connectivity index (χ4n) is 5.12. The van der Waals surface area contributed by atoms with E-state index in [1.54, 1.807) is 0 Å². The Kier molecular flexibility index (Phi) is 7.04. The first-order chi connectivity index (χ1) is 18.4. The molecule has 38 heavy (non-hydrogen) atoms. The van der Waals surface area contributed by atoms with Gasteiger partial charge in [0.25, 0.3) is 0 Å². The third-order valence-corrected chi connectivity index (χ3v) is 7.32. The second-order valence-corrected chi connectivity index (χ2v) is 10.8. The van der Waals surface area contributed by atoms with Crippen LogP contribution in [-0.2, 0) is 14.2 Å². The number of hydrogen-bond donors (Lipinski definition) is 0. The molecule has 0 radical (unpaired) electrons. The van der Waals surface area contributed by atoms with Crippen molar-refractivity contribution in [1.29, 1.82) is 0 Å². The second kappa shape index (κ2) is 10.6. The van der Waals surface area contributed by atoms with Crippen molar-refractivity contribution in [2.75, 3.05) is 39.6 Å². The highest BCUT2D eigenvalue weighted by Crippen LogP contribution is 2.39. The molecule has 3 aliphatic heterocycles. The maximum Gasteiger partial charge on any atom is 0.125 e. The molecule has 200 valence electrons. The van der Waals surface area contributed by atoms with Gasteiger partial charge >= 0.3 is 0 Å². The molecule has 0 saturated carbocycles. The predicted molar refractivity (Wildman–Crippen MR) is 145 cm³/mol. The molecule has 3 fully saturated rings. The average molecular weight is 517 g/mol. The fraction of sp³-hybridized carbons (Fsp3) is 0.438. The van der Waals surface area contributed by atoms with Crippen molar-refractivity contribution in [2.45, 2.75) is 51.9 Å². The molecule has 6 nitrogen and oxygen atoms in total. The van der Waals surface area contributed by atoms with Crippen LogP contribution >= 0.6 is 0 Å². The minimum atomic E-state index is 0.0484. The van der Waals surface area contributed by atoms with E-state index in [2.05, 4.69) is 76.2 Å². The van der Waals surface area contributed by atoms with Gasteiger partial charge < -0.3 is 28.4 Å². The van der Waals surface area contributed by atoms with Crippen molar-refractivity contribution >= 4 is 0 Å². The predicted octanol–water partition coefficient (Wildman–Crippen LogP) is 5.43. The van der Waals surface area contributed by atoms with Crippen molar-refractivity contribution in [1.82, 2.24) is 0 Å². The van der Waals surface area contributed by atoms with Crippen molar-refractivity contribution < 1.29 is 28.4 Å². The Labute approximate surface area is 224 Å².